The van der Waals surface area contributed by atoms with E-state index in [9.17, 15) is 0 Å². The Hall–Kier alpha value is -0.820. The number of aryl methyl sites for hydroxylation is 1. The lowest BCUT2D eigenvalue weighted by Crippen LogP contribution is -1.85. The molecule has 0 unspecified atom stereocenters. The molecule has 0 saturated carbocycles. The summed E-state index contributed by atoms with van der Waals surface area (Å²) in [6.45, 7) is 2.28. The fraction of sp³-hybridized carbons (Fsp3) is 0.625. The molecule has 0 fully saturated rings. The Kier molecular flexibility index (Phi) is 11.1. The second-order valence-electron chi connectivity index (χ2n) is 4.71. The van der Waals surface area contributed by atoms with Crippen LogP contribution in [-0.2, 0) is 6.42 Å². The van der Waals surface area contributed by atoms with E-state index in [1.807, 2.05) is 0 Å². The van der Waals surface area contributed by atoms with Crippen molar-refractivity contribution in [2.24, 2.45) is 0 Å². The summed E-state index contributed by atoms with van der Waals surface area (Å²) in [5.41, 5.74) is 1.49. The molecule has 2 N–H and O–H groups in total. The Balaban J connectivity index is 0.00000256. The summed E-state index contributed by atoms with van der Waals surface area (Å²) in [6, 6.07) is 10.8. The molecule has 0 heterocycles. The first-order valence-electron chi connectivity index (χ1n) is 6.97. The van der Waals surface area contributed by atoms with Gasteiger partial charge in [-0.1, -0.05) is 82.2 Å². The molecule has 17 heavy (non-hydrogen) atoms. The Morgan fingerprint density at radius 3 is 1.82 bits per heavy atom. The lowest BCUT2D eigenvalue weighted by atomic mass is 10.0. The fourth-order valence-electron chi connectivity index (χ4n) is 2.11. The third kappa shape index (κ3) is 8.93. The first-order chi connectivity index (χ1) is 7.93. The van der Waals surface area contributed by atoms with Gasteiger partial charge in [-0.3, -0.25) is 0 Å². The van der Waals surface area contributed by atoms with Gasteiger partial charge in [-0.05, 0) is 18.4 Å². The summed E-state index contributed by atoms with van der Waals surface area (Å²) < 4.78 is 0. The predicted molar refractivity (Wildman–Crippen MR) is 76.4 cm³/mol. The lowest BCUT2D eigenvalue weighted by Gasteiger charge is -2.02. The van der Waals surface area contributed by atoms with Crippen LogP contribution < -0.4 is 0 Å². The Morgan fingerprint density at radius 2 is 1.24 bits per heavy atom. The van der Waals surface area contributed by atoms with Gasteiger partial charge in [-0.2, -0.15) is 0 Å². The molecule has 0 aromatic heterocycles. The third-order valence-corrected chi connectivity index (χ3v) is 3.16. The van der Waals surface area contributed by atoms with Crippen LogP contribution in [0.25, 0.3) is 0 Å². The van der Waals surface area contributed by atoms with Gasteiger partial charge < -0.3 is 5.48 Å². The standard InChI is InChI=1S/C16H26.H2O/c1-2-3-4-5-6-7-8-10-13-16-14-11-9-12-15-16;/h9,11-12,14-15H,2-8,10,13H2,1H3;1H2. The molecule has 0 aliphatic rings. The van der Waals surface area contributed by atoms with Gasteiger partial charge in [-0.25, -0.2) is 0 Å². The molecule has 0 aliphatic heterocycles. The predicted octanol–water partition coefficient (Wildman–Crippen LogP) is 4.55. The maximum atomic E-state index is 2.28. The monoisotopic (exact) mass is 236 g/mol. The lowest BCUT2D eigenvalue weighted by molar-refractivity contribution is 0.575. The van der Waals surface area contributed by atoms with E-state index < -0.39 is 0 Å². The number of hydrogen-bond acceptors (Lipinski definition) is 0. The minimum atomic E-state index is 0. The Labute approximate surface area is 107 Å². The van der Waals surface area contributed by atoms with E-state index in [0.29, 0.717) is 0 Å². The minimum absolute atomic E-state index is 0. The van der Waals surface area contributed by atoms with E-state index in [4.69, 9.17) is 0 Å². The van der Waals surface area contributed by atoms with Gasteiger partial charge in [0.05, 0.1) is 0 Å². The zero-order chi connectivity index (χ0) is 11.5. The average Bonchev–Trinajstić information content (AvgIpc) is 2.34. The van der Waals surface area contributed by atoms with Crippen molar-refractivity contribution in [3.63, 3.8) is 0 Å². The number of hydrogen-bond donors (Lipinski definition) is 0. The van der Waals surface area contributed by atoms with Crippen molar-refractivity contribution in [3.05, 3.63) is 35.9 Å². The second kappa shape index (κ2) is 11.7. The van der Waals surface area contributed by atoms with Crippen molar-refractivity contribution in [1.29, 1.82) is 0 Å². The molecular weight excluding hydrogens is 208 g/mol. The maximum Gasteiger partial charge on any atom is -0.0279 e. The van der Waals surface area contributed by atoms with Gasteiger partial charge in [0.1, 0.15) is 0 Å². The summed E-state index contributed by atoms with van der Waals surface area (Å²) in [7, 11) is 0. The summed E-state index contributed by atoms with van der Waals surface area (Å²) >= 11 is 0. The van der Waals surface area contributed by atoms with Crippen LogP contribution in [0, 0.1) is 0 Å². The highest BCUT2D eigenvalue weighted by atomic mass is 16.0. The third-order valence-electron chi connectivity index (χ3n) is 3.16. The van der Waals surface area contributed by atoms with E-state index in [0.717, 1.165) is 0 Å². The van der Waals surface area contributed by atoms with Gasteiger partial charge in [0.25, 0.3) is 0 Å². The highest BCUT2D eigenvalue weighted by Crippen LogP contribution is 2.10. The zero-order valence-corrected chi connectivity index (χ0v) is 11.3. The Morgan fingerprint density at radius 1 is 0.706 bits per heavy atom. The van der Waals surface area contributed by atoms with Crippen LogP contribution in [0.4, 0.5) is 0 Å². The normalized spacial score (nSPS) is 9.94. The minimum Gasteiger partial charge on any atom is -0.412 e. The van der Waals surface area contributed by atoms with Crippen molar-refractivity contribution in [2.75, 3.05) is 0 Å². The maximum absolute atomic E-state index is 2.28. The van der Waals surface area contributed by atoms with E-state index in [1.54, 1.807) is 0 Å². The smallest absolute Gasteiger partial charge is 0.0279 e. The van der Waals surface area contributed by atoms with Crippen LogP contribution in [0.2, 0.25) is 0 Å². The molecular formula is C16H28O. The van der Waals surface area contributed by atoms with E-state index in [1.165, 1.54) is 63.4 Å². The number of unbranched alkanes of at least 4 members (excludes halogenated alkanes) is 7. The molecule has 0 amide bonds. The second-order valence-corrected chi connectivity index (χ2v) is 4.71. The number of rotatable bonds is 9. The molecule has 1 nitrogen and oxygen atoms in total. The van der Waals surface area contributed by atoms with Crippen molar-refractivity contribution in [1.82, 2.24) is 0 Å². The molecule has 0 radical (unpaired) electrons. The van der Waals surface area contributed by atoms with E-state index in [-0.39, 0.29) is 5.48 Å². The van der Waals surface area contributed by atoms with Crippen LogP contribution in [0.15, 0.2) is 30.3 Å². The summed E-state index contributed by atoms with van der Waals surface area (Å²) in [5, 5.41) is 0. The van der Waals surface area contributed by atoms with Gasteiger partial charge in [0, 0.05) is 0 Å². The highest BCUT2D eigenvalue weighted by molar-refractivity contribution is 5.14. The van der Waals surface area contributed by atoms with E-state index >= 15 is 0 Å². The van der Waals surface area contributed by atoms with E-state index in [2.05, 4.69) is 37.3 Å². The summed E-state index contributed by atoms with van der Waals surface area (Å²) in [4.78, 5) is 0. The highest BCUT2D eigenvalue weighted by Gasteiger charge is 1.93. The first-order valence-corrected chi connectivity index (χ1v) is 6.97. The first kappa shape index (κ1) is 16.2. The molecule has 1 heteroatoms. The molecule has 0 aliphatic carbocycles. The molecule has 1 aromatic rings. The van der Waals surface area contributed by atoms with Crippen molar-refractivity contribution >= 4 is 0 Å². The van der Waals surface area contributed by atoms with Crippen molar-refractivity contribution in [3.8, 4) is 0 Å². The van der Waals surface area contributed by atoms with Crippen LogP contribution in [0.5, 0.6) is 0 Å². The van der Waals surface area contributed by atoms with Gasteiger partial charge >= 0.3 is 0 Å². The van der Waals surface area contributed by atoms with Crippen LogP contribution in [0.1, 0.15) is 63.9 Å². The van der Waals surface area contributed by atoms with Crippen LogP contribution >= 0.6 is 0 Å². The molecule has 1 rings (SSSR count). The van der Waals surface area contributed by atoms with Crippen LogP contribution in [0.3, 0.4) is 0 Å². The van der Waals surface area contributed by atoms with Gasteiger partial charge in [0.2, 0.25) is 0 Å². The Bertz CT molecular complexity index is 243. The molecule has 0 spiro atoms. The molecule has 0 atom stereocenters. The zero-order valence-electron chi connectivity index (χ0n) is 11.3. The molecule has 0 bridgehead atoms. The molecule has 0 saturated heterocycles. The molecule has 1 aromatic carbocycles. The number of benzene rings is 1. The fourth-order valence-corrected chi connectivity index (χ4v) is 2.11. The van der Waals surface area contributed by atoms with Crippen molar-refractivity contribution in [2.45, 2.75) is 64.7 Å². The van der Waals surface area contributed by atoms with Crippen LogP contribution in [-0.4, -0.2) is 5.48 Å². The summed E-state index contributed by atoms with van der Waals surface area (Å²) in [6.07, 6.45) is 12.5. The van der Waals surface area contributed by atoms with Crippen molar-refractivity contribution < 1.29 is 5.48 Å². The topological polar surface area (TPSA) is 31.5 Å². The largest absolute Gasteiger partial charge is 0.412 e. The van der Waals surface area contributed by atoms with Gasteiger partial charge in [0.15, 0.2) is 0 Å². The molecule has 98 valence electrons. The van der Waals surface area contributed by atoms with Gasteiger partial charge in [-0.15, -0.1) is 0 Å². The SMILES string of the molecule is CCCCCCCCCCc1ccccc1.O. The summed E-state index contributed by atoms with van der Waals surface area (Å²) in [5.74, 6) is 0. The quantitative estimate of drug-likeness (QED) is 0.564. The average molecular weight is 236 g/mol.